The molecule has 1 aliphatic heterocycles. The van der Waals surface area contributed by atoms with E-state index in [0.717, 1.165) is 22.7 Å². The quantitative estimate of drug-likeness (QED) is 0.707. The fourth-order valence-electron chi connectivity index (χ4n) is 3.65. The number of carbonyl (C=O) groups is 1. The van der Waals surface area contributed by atoms with Crippen LogP contribution in [0.1, 0.15) is 59.6 Å². The van der Waals surface area contributed by atoms with E-state index in [1.807, 2.05) is 27.7 Å². The molecule has 1 aromatic heterocycles. The highest BCUT2D eigenvalue weighted by Crippen LogP contribution is 2.49. The topological polar surface area (TPSA) is 64.7 Å². The van der Waals surface area contributed by atoms with Crippen molar-refractivity contribution in [1.29, 1.82) is 0 Å². The predicted molar refractivity (Wildman–Crippen MR) is 103 cm³/mol. The smallest absolute Gasteiger partial charge is 0.365 e. The van der Waals surface area contributed by atoms with Crippen LogP contribution in [0.15, 0.2) is 29.3 Å². The van der Waals surface area contributed by atoms with Crippen LogP contribution in [0.2, 0.25) is 0 Å². The standard InChI is InChI=1S/C20H21F3N2O2S/c1-18(2)9-12-14(16(24)26)17(28-15(12)19(3,4)27-18)25-10-11-7-5-6-8-13(11)20(21,22)23/h5-8,10H,9H2,1-4H3,(H2,24,26). The van der Waals surface area contributed by atoms with Crippen molar-refractivity contribution in [3.05, 3.63) is 51.4 Å². The molecule has 0 unspecified atom stereocenters. The maximum atomic E-state index is 13.2. The highest BCUT2D eigenvalue weighted by molar-refractivity contribution is 7.16. The minimum atomic E-state index is -4.50. The highest BCUT2D eigenvalue weighted by Gasteiger charge is 2.42. The van der Waals surface area contributed by atoms with E-state index in [0.29, 0.717) is 11.4 Å². The number of hydrogen-bond donors (Lipinski definition) is 1. The van der Waals surface area contributed by atoms with E-state index in [2.05, 4.69) is 4.99 Å². The molecule has 0 atom stereocenters. The summed E-state index contributed by atoms with van der Waals surface area (Å²) in [5, 5.41) is 0.295. The maximum absolute atomic E-state index is 13.2. The molecule has 0 fully saturated rings. The molecule has 8 heteroatoms. The molecule has 0 saturated carbocycles. The van der Waals surface area contributed by atoms with Crippen molar-refractivity contribution < 1.29 is 22.7 Å². The summed E-state index contributed by atoms with van der Waals surface area (Å²) in [6, 6.07) is 5.15. The Labute approximate surface area is 165 Å². The van der Waals surface area contributed by atoms with Crippen LogP contribution in [0.25, 0.3) is 0 Å². The van der Waals surface area contributed by atoms with E-state index in [-0.39, 0.29) is 11.1 Å². The molecule has 4 nitrogen and oxygen atoms in total. The molecular weight excluding hydrogens is 389 g/mol. The lowest BCUT2D eigenvalue weighted by Gasteiger charge is -2.41. The molecule has 0 spiro atoms. The fraction of sp³-hybridized carbons (Fsp3) is 0.400. The largest absolute Gasteiger partial charge is 0.417 e. The molecule has 1 aliphatic rings. The Morgan fingerprint density at radius 2 is 1.89 bits per heavy atom. The van der Waals surface area contributed by atoms with Gasteiger partial charge in [-0.2, -0.15) is 13.2 Å². The van der Waals surface area contributed by atoms with Gasteiger partial charge in [-0.25, -0.2) is 4.99 Å². The summed E-state index contributed by atoms with van der Waals surface area (Å²) >= 11 is 1.23. The minimum absolute atomic E-state index is 0.0763. The third kappa shape index (κ3) is 3.84. The molecule has 150 valence electrons. The van der Waals surface area contributed by atoms with E-state index < -0.39 is 28.8 Å². The van der Waals surface area contributed by atoms with Gasteiger partial charge < -0.3 is 10.5 Å². The lowest BCUT2D eigenvalue weighted by atomic mass is 9.86. The molecule has 1 aromatic carbocycles. The number of benzene rings is 1. The van der Waals surface area contributed by atoms with Crippen molar-refractivity contribution in [3.63, 3.8) is 0 Å². The van der Waals surface area contributed by atoms with Crippen molar-refractivity contribution >= 4 is 28.5 Å². The van der Waals surface area contributed by atoms with Gasteiger partial charge in [0.25, 0.3) is 5.91 Å². The zero-order chi connectivity index (χ0) is 20.9. The Bertz CT molecular complexity index is 959. The Kier molecular flexibility index (Phi) is 4.92. The summed E-state index contributed by atoms with van der Waals surface area (Å²) in [6.07, 6.45) is -2.90. The first-order valence-corrected chi connectivity index (χ1v) is 9.50. The van der Waals surface area contributed by atoms with Gasteiger partial charge in [0, 0.05) is 23.1 Å². The first-order chi connectivity index (χ1) is 12.8. The summed E-state index contributed by atoms with van der Waals surface area (Å²) in [5.74, 6) is -0.651. The molecule has 28 heavy (non-hydrogen) atoms. The summed E-state index contributed by atoms with van der Waals surface area (Å²) in [5.41, 5.74) is 4.58. The molecule has 2 heterocycles. The second kappa shape index (κ2) is 6.70. The average molecular weight is 410 g/mol. The van der Waals surface area contributed by atoms with Gasteiger partial charge in [-0.05, 0) is 39.3 Å². The third-order valence-electron chi connectivity index (χ3n) is 4.50. The van der Waals surface area contributed by atoms with Crippen LogP contribution in [0.4, 0.5) is 18.2 Å². The molecule has 2 N–H and O–H groups in total. The fourth-order valence-corrected chi connectivity index (χ4v) is 4.86. The molecule has 0 radical (unpaired) electrons. The molecule has 2 aromatic rings. The number of hydrogen-bond acceptors (Lipinski definition) is 4. The summed E-state index contributed by atoms with van der Waals surface area (Å²) in [7, 11) is 0. The van der Waals surface area contributed by atoms with E-state index >= 15 is 0 Å². The highest BCUT2D eigenvalue weighted by atomic mass is 32.1. The zero-order valence-corrected chi connectivity index (χ0v) is 16.8. The molecule has 1 amide bonds. The van der Waals surface area contributed by atoms with Gasteiger partial charge >= 0.3 is 6.18 Å². The lowest BCUT2D eigenvalue weighted by Crippen LogP contribution is -2.42. The number of ether oxygens (including phenoxy) is 1. The Morgan fingerprint density at radius 3 is 2.50 bits per heavy atom. The van der Waals surface area contributed by atoms with Crippen LogP contribution in [0.3, 0.4) is 0 Å². The van der Waals surface area contributed by atoms with Crippen molar-refractivity contribution in [3.8, 4) is 0 Å². The van der Waals surface area contributed by atoms with Gasteiger partial charge in [0.05, 0.1) is 22.3 Å². The number of fused-ring (bicyclic) bond motifs is 1. The zero-order valence-electron chi connectivity index (χ0n) is 16.0. The lowest BCUT2D eigenvalue weighted by molar-refractivity contribution is -0.137. The van der Waals surface area contributed by atoms with Gasteiger partial charge in [0.15, 0.2) is 0 Å². The average Bonchev–Trinajstić information content (AvgIpc) is 2.89. The SMILES string of the molecule is CC1(C)Cc2c(sc(N=Cc3ccccc3C(F)(F)F)c2C(N)=O)C(C)(C)O1. The van der Waals surface area contributed by atoms with Gasteiger partial charge in [-0.15, -0.1) is 11.3 Å². The Balaban J connectivity index is 2.12. The molecule has 0 bridgehead atoms. The molecular formula is C20H21F3N2O2S. The number of carbonyl (C=O) groups excluding carboxylic acids is 1. The van der Waals surface area contributed by atoms with E-state index in [9.17, 15) is 18.0 Å². The number of nitrogens with zero attached hydrogens (tertiary/aromatic N) is 1. The van der Waals surface area contributed by atoms with Crippen LogP contribution in [-0.4, -0.2) is 17.7 Å². The number of nitrogens with two attached hydrogens (primary N) is 1. The van der Waals surface area contributed by atoms with Crippen LogP contribution in [0.5, 0.6) is 0 Å². The monoisotopic (exact) mass is 410 g/mol. The third-order valence-corrected chi connectivity index (χ3v) is 5.95. The number of amides is 1. The number of rotatable bonds is 3. The van der Waals surface area contributed by atoms with Crippen molar-refractivity contribution in [2.45, 2.75) is 51.5 Å². The second-order valence-electron chi connectivity index (χ2n) is 7.85. The first kappa shape index (κ1) is 20.5. The van der Waals surface area contributed by atoms with Crippen molar-refractivity contribution in [1.82, 2.24) is 0 Å². The van der Waals surface area contributed by atoms with Gasteiger partial charge in [0.2, 0.25) is 0 Å². The predicted octanol–water partition coefficient (Wildman–Crippen LogP) is 5.20. The van der Waals surface area contributed by atoms with Crippen LogP contribution < -0.4 is 5.73 Å². The Hall–Kier alpha value is -2.19. The van der Waals surface area contributed by atoms with Gasteiger partial charge in [0.1, 0.15) is 5.00 Å². The van der Waals surface area contributed by atoms with Crippen molar-refractivity contribution in [2.24, 2.45) is 10.7 Å². The van der Waals surface area contributed by atoms with E-state index in [1.165, 1.54) is 29.5 Å². The molecule has 0 aliphatic carbocycles. The number of halogens is 3. The number of aliphatic imine (C=N–C) groups is 1. The number of primary amides is 1. The van der Waals surface area contributed by atoms with Crippen LogP contribution in [0, 0.1) is 0 Å². The van der Waals surface area contributed by atoms with E-state index in [4.69, 9.17) is 10.5 Å². The van der Waals surface area contributed by atoms with Gasteiger partial charge in [-0.1, -0.05) is 18.2 Å². The number of thiophene rings is 1. The Morgan fingerprint density at radius 1 is 1.25 bits per heavy atom. The van der Waals surface area contributed by atoms with E-state index in [1.54, 1.807) is 0 Å². The summed E-state index contributed by atoms with van der Waals surface area (Å²) < 4.78 is 45.7. The van der Waals surface area contributed by atoms with Crippen LogP contribution >= 0.6 is 11.3 Å². The first-order valence-electron chi connectivity index (χ1n) is 8.68. The summed E-state index contributed by atoms with van der Waals surface area (Å²) in [4.78, 5) is 17.2. The maximum Gasteiger partial charge on any atom is 0.417 e. The normalized spacial score (nSPS) is 18.2. The molecule has 0 saturated heterocycles. The van der Waals surface area contributed by atoms with Crippen LogP contribution in [-0.2, 0) is 22.9 Å². The number of alkyl halides is 3. The molecule has 3 rings (SSSR count). The second-order valence-corrected chi connectivity index (χ2v) is 8.85. The summed E-state index contributed by atoms with van der Waals surface area (Å²) in [6.45, 7) is 7.62. The van der Waals surface area contributed by atoms with Gasteiger partial charge in [-0.3, -0.25) is 4.79 Å². The minimum Gasteiger partial charge on any atom is -0.365 e. The van der Waals surface area contributed by atoms with Crippen molar-refractivity contribution in [2.75, 3.05) is 0 Å².